The third-order valence-electron chi connectivity index (χ3n) is 3.81. The molecule has 2 heterocycles. The highest BCUT2D eigenvalue weighted by Gasteiger charge is 2.28. The van der Waals surface area contributed by atoms with Crippen molar-refractivity contribution >= 4 is 43.8 Å². The zero-order valence-corrected chi connectivity index (χ0v) is 14.0. The van der Waals surface area contributed by atoms with E-state index in [4.69, 9.17) is 11.6 Å². The lowest BCUT2D eigenvalue weighted by atomic mass is 10.0. The van der Waals surface area contributed by atoms with Crippen molar-refractivity contribution in [3.63, 3.8) is 0 Å². The molecular formula is C15H14ClIN2O. The standard InChI is InChI=1S/C15H14ClIN2O/c1-9-3-2-4-12(13(9)16)15(20)19-6-5-11-10(8-19)7-18-14(11)17/h2-4H,5-8H2,1H3. The van der Waals surface area contributed by atoms with Crippen LogP contribution in [0.15, 0.2) is 34.3 Å². The van der Waals surface area contributed by atoms with Gasteiger partial charge in [-0.05, 0) is 58.7 Å². The zero-order valence-electron chi connectivity index (χ0n) is 11.1. The third-order valence-corrected chi connectivity index (χ3v) is 5.30. The first-order valence-electron chi connectivity index (χ1n) is 6.53. The van der Waals surface area contributed by atoms with E-state index >= 15 is 0 Å². The summed E-state index contributed by atoms with van der Waals surface area (Å²) in [6.07, 6.45) is 0.895. The number of halogens is 2. The molecule has 2 aliphatic heterocycles. The molecule has 5 heteroatoms. The van der Waals surface area contributed by atoms with Gasteiger partial charge in [-0.15, -0.1) is 0 Å². The molecule has 1 aromatic carbocycles. The van der Waals surface area contributed by atoms with Crippen LogP contribution in [0, 0.1) is 6.92 Å². The summed E-state index contributed by atoms with van der Waals surface area (Å²) in [7, 11) is 0. The van der Waals surface area contributed by atoms with Crippen LogP contribution in [-0.4, -0.2) is 34.2 Å². The van der Waals surface area contributed by atoms with Gasteiger partial charge in [0.05, 0.1) is 20.8 Å². The van der Waals surface area contributed by atoms with Gasteiger partial charge in [-0.25, -0.2) is 0 Å². The lowest BCUT2D eigenvalue weighted by molar-refractivity contribution is 0.0765. The van der Waals surface area contributed by atoms with Gasteiger partial charge in [0.15, 0.2) is 0 Å². The number of benzene rings is 1. The van der Waals surface area contributed by atoms with Crippen LogP contribution in [0.3, 0.4) is 0 Å². The van der Waals surface area contributed by atoms with Gasteiger partial charge in [0.1, 0.15) is 0 Å². The molecule has 0 radical (unpaired) electrons. The van der Waals surface area contributed by atoms with Crippen molar-refractivity contribution < 1.29 is 4.79 Å². The Morgan fingerprint density at radius 2 is 2.25 bits per heavy atom. The molecule has 1 amide bonds. The quantitative estimate of drug-likeness (QED) is 0.663. The fourth-order valence-electron chi connectivity index (χ4n) is 2.64. The molecule has 0 aliphatic carbocycles. The van der Waals surface area contributed by atoms with E-state index in [1.54, 1.807) is 6.07 Å². The molecule has 20 heavy (non-hydrogen) atoms. The lowest BCUT2D eigenvalue weighted by Gasteiger charge is -2.28. The smallest absolute Gasteiger partial charge is 0.255 e. The van der Waals surface area contributed by atoms with Crippen LogP contribution in [0.5, 0.6) is 0 Å². The zero-order chi connectivity index (χ0) is 14.3. The number of rotatable bonds is 1. The normalized spacial score (nSPS) is 18.1. The molecule has 3 nitrogen and oxygen atoms in total. The van der Waals surface area contributed by atoms with E-state index in [9.17, 15) is 4.79 Å². The van der Waals surface area contributed by atoms with Crippen molar-refractivity contribution in [1.82, 2.24) is 4.90 Å². The fraction of sp³-hybridized carbons (Fsp3) is 0.333. The number of aryl methyl sites for hydroxylation is 1. The van der Waals surface area contributed by atoms with E-state index < -0.39 is 0 Å². The van der Waals surface area contributed by atoms with E-state index in [-0.39, 0.29) is 5.91 Å². The number of amides is 1. The first-order valence-corrected chi connectivity index (χ1v) is 7.99. The Morgan fingerprint density at radius 3 is 3.05 bits per heavy atom. The van der Waals surface area contributed by atoms with Crippen LogP contribution in [0.1, 0.15) is 22.3 Å². The minimum absolute atomic E-state index is 0.0205. The maximum atomic E-state index is 12.6. The van der Waals surface area contributed by atoms with E-state index in [2.05, 4.69) is 27.6 Å². The van der Waals surface area contributed by atoms with Crippen molar-refractivity contribution in [1.29, 1.82) is 0 Å². The molecule has 104 valence electrons. The third kappa shape index (κ3) is 2.39. The summed E-state index contributed by atoms with van der Waals surface area (Å²) in [6, 6.07) is 5.60. The Kier molecular flexibility index (Phi) is 3.86. The molecule has 0 spiro atoms. The van der Waals surface area contributed by atoms with Gasteiger partial charge < -0.3 is 4.90 Å². The number of carbonyl (C=O) groups is 1. The van der Waals surface area contributed by atoms with Crippen LogP contribution < -0.4 is 0 Å². The van der Waals surface area contributed by atoms with Gasteiger partial charge >= 0.3 is 0 Å². The van der Waals surface area contributed by atoms with Crippen molar-refractivity contribution in [3.8, 4) is 0 Å². The summed E-state index contributed by atoms with van der Waals surface area (Å²) in [5.74, 6) is 0.0205. The second kappa shape index (κ2) is 5.48. The van der Waals surface area contributed by atoms with E-state index in [1.165, 1.54) is 11.1 Å². The number of nitrogens with zero attached hydrogens (tertiary/aromatic N) is 2. The minimum atomic E-state index is 0.0205. The van der Waals surface area contributed by atoms with Crippen LogP contribution in [0.25, 0.3) is 0 Å². The van der Waals surface area contributed by atoms with Gasteiger partial charge in [0.2, 0.25) is 0 Å². The second-order valence-corrected chi connectivity index (χ2v) is 6.50. The molecule has 0 saturated heterocycles. The molecule has 0 unspecified atom stereocenters. The van der Waals surface area contributed by atoms with Crippen LogP contribution in [0.2, 0.25) is 5.02 Å². The first-order chi connectivity index (χ1) is 9.58. The topological polar surface area (TPSA) is 32.7 Å². The Labute approximate surface area is 136 Å². The van der Waals surface area contributed by atoms with Crippen LogP contribution >= 0.6 is 34.2 Å². The van der Waals surface area contributed by atoms with Crippen LogP contribution in [0.4, 0.5) is 0 Å². The molecule has 0 aromatic heterocycles. The summed E-state index contributed by atoms with van der Waals surface area (Å²) in [5, 5.41) is 0.564. The molecule has 0 bridgehead atoms. The summed E-state index contributed by atoms with van der Waals surface area (Å²) in [6.45, 7) is 4.07. The van der Waals surface area contributed by atoms with Gasteiger partial charge in [0, 0.05) is 13.1 Å². The summed E-state index contributed by atoms with van der Waals surface area (Å²) < 4.78 is 1.11. The average molecular weight is 401 g/mol. The highest BCUT2D eigenvalue weighted by Crippen LogP contribution is 2.29. The molecule has 2 aliphatic rings. The van der Waals surface area contributed by atoms with Crippen molar-refractivity contribution in [2.24, 2.45) is 4.99 Å². The lowest BCUT2D eigenvalue weighted by Crippen LogP contribution is -2.37. The largest absolute Gasteiger partial charge is 0.334 e. The molecule has 0 saturated carbocycles. The number of carbonyl (C=O) groups excluding carboxylic acids is 1. The molecule has 0 fully saturated rings. The number of hydrogen-bond donors (Lipinski definition) is 0. The molecule has 0 N–H and O–H groups in total. The number of aliphatic imine (C=N–C) groups is 1. The fourth-order valence-corrected chi connectivity index (χ4v) is 3.67. The van der Waals surface area contributed by atoms with Crippen molar-refractivity contribution in [2.75, 3.05) is 19.6 Å². The van der Waals surface area contributed by atoms with E-state index in [1.807, 2.05) is 24.0 Å². The highest BCUT2D eigenvalue weighted by atomic mass is 127. The van der Waals surface area contributed by atoms with Crippen LogP contribution in [-0.2, 0) is 0 Å². The predicted octanol–water partition coefficient (Wildman–Crippen LogP) is 3.64. The maximum Gasteiger partial charge on any atom is 0.255 e. The summed E-state index contributed by atoms with van der Waals surface area (Å²) >= 11 is 8.54. The molecule has 1 aromatic rings. The Hall–Kier alpha value is -0.880. The van der Waals surface area contributed by atoms with Crippen molar-refractivity contribution in [3.05, 3.63) is 45.5 Å². The van der Waals surface area contributed by atoms with Gasteiger partial charge in [-0.3, -0.25) is 9.79 Å². The number of hydrogen-bond acceptors (Lipinski definition) is 2. The molecule has 0 atom stereocenters. The predicted molar refractivity (Wildman–Crippen MR) is 90.1 cm³/mol. The first kappa shape index (κ1) is 14.1. The SMILES string of the molecule is Cc1cccc(C(=O)N2CCC3=C(CN=C3I)C2)c1Cl. The summed E-state index contributed by atoms with van der Waals surface area (Å²) in [5.41, 5.74) is 4.15. The highest BCUT2D eigenvalue weighted by molar-refractivity contribution is 14.1. The van der Waals surface area contributed by atoms with Crippen molar-refractivity contribution in [2.45, 2.75) is 13.3 Å². The maximum absolute atomic E-state index is 12.6. The summed E-state index contributed by atoms with van der Waals surface area (Å²) in [4.78, 5) is 18.9. The minimum Gasteiger partial charge on any atom is -0.334 e. The van der Waals surface area contributed by atoms with Gasteiger partial charge in [-0.2, -0.15) is 0 Å². The van der Waals surface area contributed by atoms with Gasteiger partial charge in [0.25, 0.3) is 5.91 Å². The Bertz CT molecular complexity index is 651. The van der Waals surface area contributed by atoms with E-state index in [0.29, 0.717) is 17.1 Å². The van der Waals surface area contributed by atoms with Gasteiger partial charge in [-0.1, -0.05) is 23.7 Å². The monoisotopic (exact) mass is 400 g/mol. The molecule has 3 rings (SSSR count). The average Bonchev–Trinajstić information content (AvgIpc) is 2.82. The second-order valence-electron chi connectivity index (χ2n) is 5.10. The Balaban J connectivity index is 1.83. The Morgan fingerprint density at radius 1 is 1.45 bits per heavy atom. The molecular weight excluding hydrogens is 387 g/mol. The van der Waals surface area contributed by atoms with E-state index in [0.717, 1.165) is 28.8 Å².